The number of rotatable bonds is 10. The summed E-state index contributed by atoms with van der Waals surface area (Å²) in [4.78, 5) is 12.6. The largest absolute Gasteiger partial charge is 0.500 e. The maximum atomic E-state index is 12.6. The van der Waals surface area contributed by atoms with Gasteiger partial charge >= 0.3 is 8.80 Å². The molecule has 0 N–H and O–H groups in total. The van der Waals surface area contributed by atoms with E-state index in [0.29, 0.717) is 23.8 Å². The summed E-state index contributed by atoms with van der Waals surface area (Å²) in [6.45, 7) is 6.02. The average Bonchev–Trinajstić information content (AvgIpc) is 3.12. The topological polar surface area (TPSA) is 54.0 Å². The molecule has 0 unspecified atom stereocenters. The van der Waals surface area contributed by atoms with Crippen LogP contribution in [0.5, 0.6) is 5.75 Å². The van der Waals surface area contributed by atoms with E-state index in [1.807, 2.05) is 24.3 Å². The lowest BCUT2D eigenvalue weighted by atomic mass is 9.98. The van der Waals surface area contributed by atoms with Crippen molar-refractivity contribution in [2.24, 2.45) is 0 Å². The van der Waals surface area contributed by atoms with Crippen LogP contribution in [-0.2, 0) is 19.7 Å². The molecule has 0 radical (unpaired) electrons. The van der Waals surface area contributed by atoms with Crippen molar-refractivity contribution >= 4 is 14.6 Å². The van der Waals surface area contributed by atoms with Gasteiger partial charge in [-0.25, -0.2) is 0 Å². The van der Waals surface area contributed by atoms with Gasteiger partial charge < -0.3 is 18.0 Å². The highest BCUT2D eigenvalue weighted by atomic mass is 28.4. The Morgan fingerprint density at radius 2 is 1.76 bits per heavy atom. The zero-order chi connectivity index (χ0) is 21.0. The first kappa shape index (κ1) is 21.5. The Morgan fingerprint density at radius 1 is 1.07 bits per heavy atom. The number of ether oxygens (including phenoxy) is 1. The SMILES string of the molecule is C=C(C)C(=O)c1cc(OCCC[Si](OC)(OC)OC)c2c(c1)-c1ccccc1C2. The Balaban J connectivity index is 1.84. The Kier molecular flexibility index (Phi) is 6.69. The van der Waals surface area contributed by atoms with Crippen LogP contribution in [-0.4, -0.2) is 42.5 Å². The first-order valence-corrected chi connectivity index (χ1v) is 11.6. The predicted molar refractivity (Wildman–Crippen MR) is 116 cm³/mol. The van der Waals surface area contributed by atoms with Crippen LogP contribution in [0.4, 0.5) is 0 Å². The van der Waals surface area contributed by atoms with E-state index in [9.17, 15) is 4.79 Å². The maximum absolute atomic E-state index is 12.6. The highest BCUT2D eigenvalue weighted by Crippen LogP contribution is 2.42. The number of ketones is 1. The molecule has 1 aliphatic carbocycles. The van der Waals surface area contributed by atoms with Crippen molar-refractivity contribution in [2.75, 3.05) is 27.9 Å². The van der Waals surface area contributed by atoms with Crippen LogP contribution in [0.2, 0.25) is 6.04 Å². The molecule has 5 nitrogen and oxygen atoms in total. The summed E-state index contributed by atoms with van der Waals surface area (Å²) in [6.07, 6.45) is 1.53. The van der Waals surface area contributed by atoms with Crippen molar-refractivity contribution in [3.63, 3.8) is 0 Å². The van der Waals surface area contributed by atoms with Crippen LogP contribution >= 0.6 is 0 Å². The van der Waals surface area contributed by atoms with Crippen LogP contribution in [0.1, 0.15) is 34.8 Å². The summed E-state index contributed by atoms with van der Waals surface area (Å²) in [6, 6.07) is 12.7. The number of fused-ring (bicyclic) bond motifs is 3. The molecule has 0 heterocycles. The molecule has 0 bridgehead atoms. The third-order valence-electron chi connectivity index (χ3n) is 5.35. The summed E-state index contributed by atoms with van der Waals surface area (Å²) in [5.74, 6) is 0.689. The number of hydrogen-bond donors (Lipinski definition) is 0. The van der Waals surface area contributed by atoms with Gasteiger partial charge in [0.05, 0.1) is 6.61 Å². The fourth-order valence-corrected chi connectivity index (χ4v) is 5.42. The molecule has 0 spiro atoms. The first-order valence-electron chi connectivity index (χ1n) is 9.68. The first-order chi connectivity index (χ1) is 13.9. The van der Waals surface area contributed by atoms with Gasteiger partial charge in [-0.1, -0.05) is 30.8 Å². The fraction of sp³-hybridized carbons (Fsp3) is 0.348. The summed E-state index contributed by atoms with van der Waals surface area (Å²) in [5.41, 5.74) is 5.72. The van der Waals surface area contributed by atoms with Crippen LogP contribution in [0.3, 0.4) is 0 Å². The molecule has 154 valence electrons. The minimum Gasteiger partial charge on any atom is -0.493 e. The van der Waals surface area contributed by atoms with Crippen LogP contribution in [0.15, 0.2) is 48.6 Å². The molecule has 0 aromatic heterocycles. The van der Waals surface area contributed by atoms with Gasteiger partial charge in [-0.2, -0.15) is 0 Å². The summed E-state index contributed by atoms with van der Waals surface area (Å²) >= 11 is 0. The van der Waals surface area contributed by atoms with E-state index in [2.05, 4.69) is 18.7 Å². The second-order valence-corrected chi connectivity index (χ2v) is 10.3. The molecule has 0 aliphatic heterocycles. The number of carbonyl (C=O) groups excluding carboxylic acids is 1. The Labute approximate surface area is 173 Å². The highest BCUT2D eigenvalue weighted by molar-refractivity contribution is 6.60. The normalized spacial score (nSPS) is 12.4. The van der Waals surface area contributed by atoms with E-state index in [1.54, 1.807) is 28.3 Å². The van der Waals surface area contributed by atoms with Gasteiger partial charge in [-0.3, -0.25) is 4.79 Å². The van der Waals surface area contributed by atoms with Crippen LogP contribution in [0.25, 0.3) is 11.1 Å². The van der Waals surface area contributed by atoms with Crippen molar-refractivity contribution in [2.45, 2.75) is 25.8 Å². The Bertz CT molecular complexity index is 909. The summed E-state index contributed by atoms with van der Waals surface area (Å²) in [7, 11) is 2.21. The van der Waals surface area contributed by atoms with Gasteiger partial charge in [0.15, 0.2) is 5.78 Å². The van der Waals surface area contributed by atoms with Crippen molar-refractivity contribution in [3.05, 3.63) is 65.2 Å². The molecule has 1 aliphatic rings. The van der Waals surface area contributed by atoms with Crippen molar-refractivity contribution < 1.29 is 22.8 Å². The predicted octanol–water partition coefficient (Wildman–Crippen LogP) is 4.66. The van der Waals surface area contributed by atoms with Gasteiger partial charge in [0, 0.05) is 44.9 Å². The molecule has 29 heavy (non-hydrogen) atoms. The van der Waals surface area contributed by atoms with Crippen LogP contribution < -0.4 is 4.74 Å². The zero-order valence-corrected chi connectivity index (χ0v) is 18.5. The molecule has 0 amide bonds. The van der Waals surface area contributed by atoms with E-state index in [-0.39, 0.29) is 5.78 Å². The molecule has 3 rings (SSSR count). The van der Waals surface area contributed by atoms with E-state index in [4.69, 9.17) is 18.0 Å². The van der Waals surface area contributed by atoms with Crippen molar-refractivity contribution in [1.82, 2.24) is 0 Å². The van der Waals surface area contributed by atoms with Gasteiger partial charge in [0.25, 0.3) is 0 Å². The highest BCUT2D eigenvalue weighted by Gasteiger charge is 2.37. The molecule has 0 saturated carbocycles. The number of benzene rings is 2. The fourth-order valence-electron chi connectivity index (χ4n) is 3.73. The van der Waals surface area contributed by atoms with Crippen molar-refractivity contribution in [1.29, 1.82) is 0 Å². The van der Waals surface area contributed by atoms with Crippen molar-refractivity contribution in [3.8, 4) is 16.9 Å². The quantitative estimate of drug-likeness (QED) is 0.210. The molecular formula is C23H28O5Si. The number of allylic oxidation sites excluding steroid dienone is 1. The molecule has 0 atom stereocenters. The molecule has 0 fully saturated rings. The third kappa shape index (κ3) is 4.35. The van der Waals surface area contributed by atoms with E-state index >= 15 is 0 Å². The zero-order valence-electron chi connectivity index (χ0n) is 17.5. The van der Waals surface area contributed by atoms with Gasteiger partial charge in [-0.05, 0) is 47.7 Å². The molecule has 6 heteroatoms. The Morgan fingerprint density at radius 3 is 2.41 bits per heavy atom. The van der Waals surface area contributed by atoms with Gasteiger partial charge in [-0.15, -0.1) is 0 Å². The molecular weight excluding hydrogens is 384 g/mol. The third-order valence-corrected chi connectivity index (χ3v) is 8.18. The second-order valence-electron chi connectivity index (χ2n) is 7.19. The second kappa shape index (κ2) is 9.05. The summed E-state index contributed by atoms with van der Waals surface area (Å²) < 4.78 is 22.6. The smallest absolute Gasteiger partial charge is 0.493 e. The molecule has 2 aromatic carbocycles. The van der Waals surface area contributed by atoms with Gasteiger partial charge in [0.2, 0.25) is 0 Å². The van der Waals surface area contributed by atoms with E-state index < -0.39 is 8.80 Å². The molecule has 2 aromatic rings. The lowest BCUT2D eigenvalue weighted by Crippen LogP contribution is -2.42. The van der Waals surface area contributed by atoms with E-state index in [1.165, 1.54) is 5.56 Å². The van der Waals surface area contributed by atoms with E-state index in [0.717, 1.165) is 35.3 Å². The maximum Gasteiger partial charge on any atom is 0.500 e. The Hall–Kier alpha value is -2.25. The lowest BCUT2D eigenvalue weighted by Gasteiger charge is -2.24. The minimum atomic E-state index is -2.62. The number of Topliss-reactive ketones (excluding diaryl/α,β-unsaturated/α-hetero) is 1. The lowest BCUT2D eigenvalue weighted by molar-refractivity contribution is 0.103. The minimum absolute atomic E-state index is 0.0633. The average molecular weight is 413 g/mol. The van der Waals surface area contributed by atoms with Gasteiger partial charge in [0.1, 0.15) is 5.75 Å². The van der Waals surface area contributed by atoms with Crippen LogP contribution in [0, 0.1) is 0 Å². The monoisotopic (exact) mass is 412 g/mol. The standard InChI is InChI=1S/C23H28O5Si/c1-16(2)23(24)18-14-20-19-10-7-6-9-17(19)13-21(20)22(15-18)28-11-8-12-29(25-3,26-4)27-5/h6-7,9-10,14-15H,1,8,11-13H2,2-5H3. The summed E-state index contributed by atoms with van der Waals surface area (Å²) in [5, 5.41) is 0. The number of hydrogen-bond acceptors (Lipinski definition) is 5. The number of carbonyl (C=O) groups is 1. The molecule has 0 saturated heterocycles.